The highest BCUT2D eigenvalue weighted by Gasteiger charge is 2.25. The van der Waals surface area contributed by atoms with E-state index < -0.39 is 6.09 Å². The summed E-state index contributed by atoms with van der Waals surface area (Å²) < 4.78 is 14.4. The molecule has 182 valence electrons. The topological polar surface area (TPSA) is 69.6 Å². The van der Waals surface area contributed by atoms with E-state index in [0.717, 1.165) is 19.3 Å². The minimum absolute atomic E-state index is 0.0456. The van der Waals surface area contributed by atoms with Crippen LogP contribution in [0, 0.1) is 5.82 Å². The number of amides is 2. The summed E-state index contributed by atoms with van der Waals surface area (Å²) in [5.74, 6) is -0.437. The fraction of sp³-hybridized carbons (Fsp3) is 0.310. The summed E-state index contributed by atoms with van der Waals surface area (Å²) in [6.07, 6.45) is 3.22. The zero-order chi connectivity index (χ0) is 24.6. The van der Waals surface area contributed by atoms with Crippen LogP contribution in [0.1, 0.15) is 49.1 Å². The first-order valence-corrected chi connectivity index (χ1v) is 12.2. The molecule has 4 rings (SSSR count). The van der Waals surface area contributed by atoms with Crippen LogP contribution in [-0.2, 0) is 11.2 Å². The third kappa shape index (κ3) is 6.69. The molecule has 0 saturated carbocycles. The van der Waals surface area contributed by atoms with E-state index >= 15 is 0 Å². The number of nitrogens with one attached hydrogen (secondary N) is 1. The number of carbonyl (C=O) groups is 2. The monoisotopic (exact) mass is 474 g/mol. The van der Waals surface area contributed by atoms with E-state index in [-0.39, 0.29) is 17.6 Å². The van der Waals surface area contributed by atoms with Gasteiger partial charge in [0.25, 0.3) is 0 Å². The van der Waals surface area contributed by atoms with Crippen LogP contribution in [0.3, 0.4) is 0 Å². The molecular weight excluding hydrogens is 443 g/mol. The number of piperidine rings is 1. The van der Waals surface area contributed by atoms with Gasteiger partial charge in [-0.15, -0.1) is 0 Å². The van der Waals surface area contributed by atoms with Gasteiger partial charge in [-0.2, -0.15) is 0 Å². The fourth-order valence-electron chi connectivity index (χ4n) is 4.65. The molecule has 1 aliphatic heterocycles. The predicted molar refractivity (Wildman–Crippen MR) is 136 cm³/mol. The summed E-state index contributed by atoms with van der Waals surface area (Å²) in [5.41, 5.74) is 4.78. The number of rotatable bonds is 8. The maximum atomic E-state index is 14.4. The molecule has 0 aliphatic carbocycles. The van der Waals surface area contributed by atoms with Gasteiger partial charge in [-0.05, 0) is 78.5 Å². The highest BCUT2D eigenvalue weighted by molar-refractivity contribution is 5.90. The van der Waals surface area contributed by atoms with E-state index in [1.54, 1.807) is 12.1 Å². The normalized spacial score (nSPS) is 14.0. The van der Waals surface area contributed by atoms with Crippen LogP contribution in [0.4, 0.5) is 14.9 Å². The lowest BCUT2D eigenvalue weighted by molar-refractivity contribution is -0.116. The van der Waals surface area contributed by atoms with Gasteiger partial charge in [-0.1, -0.05) is 54.6 Å². The number of likely N-dealkylation sites (tertiary alicyclic amines) is 1. The van der Waals surface area contributed by atoms with Crippen LogP contribution >= 0.6 is 0 Å². The molecule has 6 heteroatoms. The summed E-state index contributed by atoms with van der Waals surface area (Å²) >= 11 is 0. The number of hydrogen-bond acceptors (Lipinski definition) is 2. The molecular formula is C29H31FN2O3. The highest BCUT2D eigenvalue weighted by atomic mass is 19.1. The first kappa shape index (κ1) is 24.5. The van der Waals surface area contributed by atoms with Gasteiger partial charge in [0, 0.05) is 25.2 Å². The van der Waals surface area contributed by atoms with Gasteiger partial charge < -0.3 is 15.3 Å². The van der Waals surface area contributed by atoms with Crippen molar-refractivity contribution >= 4 is 17.7 Å². The molecule has 35 heavy (non-hydrogen) atoms. The average molecular weight is 475 g/mol. The lowest BCUT2D eigenvalue weighted by Crippen LogP contribution is -2.37. The van der Waals surface area contributed by atoms with Crippen molar-refractivity contribution in [2.75, 3.05) is 18.4 Å². The Hall–Kier alpha value is -3.67. The number of anilines is 1. The molecule has 0 unspecified atom stereocenters. The Balaban J connectivity index is 1.22. The number of benzene rings is 3. The van der Waals surface area contributed by atoms with E-state index in [2.05, 4.69) is 41.7 Å². The number of unbranched alkanes of at least 4 members (excludes halogenated alkanes) is 1. The minimum atomic E-state index is -0.936. The molecule has 3 aromatic carbocycles. The molecule has 3 aromatic rings. The molecule has 0 aromatic heterocycles. The molecule has 0 atom stereocenters. The van der Waals surface area contributed by atoms with Gasteiger partial charge in [0.2, 0.25) is 5.91 Å². The van der Waals surface area contributed by atoms with Gasteiger partial charge in [0.15, 0.2) is 0 Å². The number of halogens is 1. The maximum Gasteiger partial charge on any atom is 0.407 e. The largest absolute Gasteiger partial charge is 0.465 e. The van der Waals surface area contributed by atoms with Crippen LogP contribution in [0.5, 0.6) is 0 Å². The molecule has 1 fully saturated rings. The van der Waals surface area contributed by atoms with Crippen LogP contribution in [-0.4, -0.2) is 35.1 Å². The van der Waals surface area contributed by atoms with Gasteiger partial charge in [0.05, 0.1) is 0 Å². The van der Waals surface area contributed by atoms with Crippen LogP contribution in [0.15, 0.2) is 72.8 Å². The first-order chi connectivity index (χ1) is 17.0. The van der Waals surface area contributed by atoms with Crippen molar-refractivity contribution in [2.24, 2.45) is 0 Å². The maximum absolute atomic E-state index is 14.4. The number of carboxylic acid groups (broad SMARTS) is 1. The lowest BCUT2D eigenvalue weighted by Gasteiger charge is -2.30. The number of carbonyl (C=O) groups excluding carboxylic acids is 1. The van der Waals surface area contributed by atoms with Crippen LogP contribution in [0.2, 0.25) is 0 Å². The number of aryl methyl sites for hydroxylation is 1. The second-order valence-corrected chi connectivity index (χ2v) is 9.10. The Morgan fingerprint density at radius 1 is 0.914 bits per heavy atom. The van der Waals surface area contributed by atoms with Crippen molar-refractivity contribution < 1.29 is 19.1 Å². The number of hydrogen-bond donors (Lipinski definition) is 2. The molecule has 1 aliphatic rings. The van der Waals surface area contributed by atoms with Crippen LogP contribution in [0.25, 0.3) is 11.1 Å². The van der Waals surface area contributed by atoms with Crippen molar-refractivity contribution in [1.82, 2.24) is 4.90 Å². The highest BCUT2D eigenvalue weighted by Crippen LogP contribution is 2.31. The summed E-state index contributed by atoms with van der Waals surface area (Å²) in [6, 6.07) is 23.5. The van der Waals surface area contributed by atoms with E-state index in [1.807, 2.05) is 18.2 Å². The Morgan fingerprint density at radius 2 is 1.60 bits per heavy atom. The smallest absolute Gasteiger partial charge is 0.407 e. The van der Waals surface area contributed by atoms with Gasteiger partial charge in [-0.3, -0.25) is 4.79 Å². The van der Waals surface area contributed by atoms with E-state index in [9.17, 15) is 14.0 Å². The summed E-state index contributed by atoms with van der Waals surface area (Å²) in [6.45, 7) is 0.788. The average Bonchev–Trinajstić information content (AvgIpc) is 2.89. The van der Waals surface area contributed by atoms with Crippen molar-refractivity contribution in [3.63, 3.8) is 0 Å². The fourth-order valence-corrected chi connectivity index (χ4v) is 4.65. The predicted octanol–water partition coefficient (Wildman–Crippen LogP) is 6.70. The van der Waals surface area contributed by atoms with Crippen LogP contribution < -0.4 is 5.32 Å². The quantitative estimate of drug-likeness (QED) is 0.357. The Morgan fingerprint density at radius 3 is 2.29 bits per heavy atom. The third-order valence-corrected chi connectivity index (χ3v) is 6.67. The molecule has 1 saturated heterocycles. The molecule has 0 radical (unpaired) electrons. The first-order valence-electron chi connectivity index (χ1n) is 12.2. The lowest BCUT2D eigenvalue weighted by atomic mass is 9.89. The second kappa shape index (κ2) is 11.6. The van der Waals surface area contributed by atoms with Crippen molar-refractivity contribution in [3.8, 4) is 11.1 Å². The Kier molecular flexibility index (Phi) is 8.14. The Bertz CT molecular complexity index is 1140. The molecule has 0 bridgehead atoms. The minimum Gasteiger partial charge on any atom is -0.465 e. The second-order valence-electron chi connectivity index (χ2n) is 9.10. The summed E-state index contributed by atoms with van der Waals surface area (Å²) in [5, 5.41) is 12.0. The summed E-state index contributed by atoms with van der Waals surface area (Å²) in [7, 11) is 0. The van der Waals surface area contributed by atoms with Gasteiger partial charge >= 0.3 is 6.09 Å². The third-order valence-electron chi connectivity index (χ3n) is 6.67. The standard InChI is InChI=1S/C29H31FN2O3/c30-27-15-14-25(20-26(27)24-16-18-32(19-17-24)29(34)35)31-28(33)9-5-4-6-21-10-12-23(13-11-21)22-7-2-1-3-8-22/h1-3,7-8,10-15,20,24H,4-6,9,16-19H2,(H,31,33)(H,34,35). The van der Waals surface area contributed by atoms with Crippen molar-refractivity contribution in [3.05, 3.63) is 89.7 Å². The SMILES string of the molecule is O=C(CCCCc1ccc(-c2ccccc2)cc1)Nc1ccc(F)c(C2CCN(C(=O)O)CC2)c1. The van der Waals surface area contributed by atoms with Gasteiger partial charge in [-0.25, -0.2) is 9.18 Å². The van der Waals surface area contributed by atoms with Crippen molar-refractivity contribution in [2.45, 2.75) is 44.4 Å². The Labute approximate surface area is 205 Å². The van der Waals surface area contributed by atoms with E-state index in [0.29, 0.717) is 43.6 Å². The zero-order valence-corrected chi connectivity index (χ0v) is 19.8. The molecule has 1 heterocycles. The molecule has 5 nitrogen and oxygen atoms in total. The molecule has 2 amide bonds. The zero-order valence-electron chi connectivity index (χ0n) is 19.8. The van der Waals surface area contributed by atoms with E-state index in [4.69, 9.17) is 5.11 Å². The number of nitrogens with zero attached hydrogens (tertiary/aromatic N) is 1. The van der Waals surface area contributed by atoms with Crippen molar-refractivity contribution in [1.29, 1.82) is 0 Å². The summed E-state index contributed by atoms with van der Waals surface area (Å²) in [4.78, 5) is 24.9. The molecule has 2 N–H and O–H groups in total. The molecule has 0 spiro atoms. The van der Waals surface area contributed by atoms with E-state index in [1.165, 1.54) is 27.7 Å². The van der Waals surface area contributed by atoms with Gasteiger partial charge in [0.1, 0.15) is 5.82 Å².